The van der Waals surface area contributed by atoms with Crippen LogP contribution in [0.4, 0.5) is 0 Å². The van der Waals surface area contributed by atoms with Gasteiger partial charge in [0.25, 0.3) is 0 Å². The van der Waals surface area contributed by atoms with E-state index in [0.717, 1.165) is 11.5 Å². The Morgan fingerprint density at radius 2 is 1.21 bits per heavy atom. The molecule has 0 saturated carbocycles. The third kappa shape index (κ3) is 18.1. The minimum absolute atomic E-state index is 0. The van der Waals surface area contributed by atoms with Gasteiger partial charge in [-0.1, -0.05) is 0 Å². The molecule has 9 heteroatoms. The topological polar surface area (TPSA) is 127 Å². The van der Waals surface area contributed by atoms with Crippen LogP contribution in [-0.4, -0.2) is 58.3 Å². The number of hydrogen-bond acceptors (Lipinski definition) is 6. The predicted octanol–water partition coefficient (Wildman–Crippen LogP) is 0.300. The third-order valence-electron chi connectivity index (χ3n) is 1.90. The molecule has 2 atom stereocenters. The van der Waals surface area contributed by atoms with Crippen LogP contribution >= 0.6 is 23.5 Å². The van der Waals surface area contributed by atoms with Crippen LogP contribution in [0.25, 0.3) is 0 Å². The summed E-state index contributed by atoms with van der Waals surface area (Å²) < 4.78 is 0. The summed E-state index contributed by atoms with van der Waals surface area (Å²) in [7, 11) is 0. The molecule has 0 aliphatic heterocycles. The van der Waals surface area contributed by atoms with Gasteiger partial charge in [-0.05, 0) is 36.9 Å². The zero-order chi connectivity index (χ0) is 14.6. The molecule has 0 saturated heterocycles. The Kier molecular flexibility index (Phi) is 20.5. The van der Waals surface area contributed by atoms with Crippen LogP contribution in [0, 0.1) is 0 Å². The van der Waals surface area contributed by atoms with Gasteiger partial charge in [-0.15, -0.1) is 0 Å². The molecule has 0 spiro atoms. The zero-order valence-corrected chi connectivity index (χ0v) is 13.5. The van der Waals surface area contributed by atoms with Crippen molar-refractivity contribution >= 4 is 35.5 Å². The largest absolute Gasteiger partial charge is 0.480 e. The number of carboxylic acids is 2. The molecule has 0 rings (SSSR count). The van der Waals surface area contributed by atoms with Gasteiger partial charge in [0.1, 0.15) is 12.1 Å². The van der Waals surface area contributed by atoms with Crippen molar-refractivity contribution in [3.8, 4) is 0 Å². The van der Waals surface area contributed by atoms with E-state index in [2.05, 4.69) is 0 Å². The number of hydrogen-bond donors (Lipinski definition) is 4. The van der Waals surface area contributed by atoms with Crippen molar-refractivity contribution < 1.29 is 36.9 Å². The molecular weight excluding hydrogens is 340 g/mol. The predicted molar refractivity (Wildman–Crippen MR) is 77.2 cm³/mol. The summed E-state index contributed by atoms with van der Waals surface area (Å²) in [4.78, 5) is 20.1. The van der Waals surface area contributed by atoms with Crippen molar-refractivity contribution in [1.82, 2.24) is 0 Å². The first-order valence-corrected chi connectivity index (χ1v) is 8.10. The third-order valence-corrected chi connectivity index (χ3v) is 3.19. The van der Waals surface area contributed by atoms with Crippen LogP contribution in [0.3, 0.4) is 0 Å². The van der Waals surface area contributed by atoms with Crippen molar-refractivity contribution in [3.63, 3.8) is 0 Å². The summed E-state index contributed by atoms with van der Waals surface area (Å²) in [5.41, 5.74) is 10.4. The maximum atomic E-state index is 10.1. The van der Waals surface area contributed by atoms with E-state index >= 15 is 0 Å². The molecule has 0 aromatic rings. The summed E-state index contributed by atoms with van der Waals surface area (Å²) in [5, 5.41) is 16.5. The first-order valence-electron chi connectivity index (χ1n) is 5.31. The monoisotopic (exact) mass is 361 g/mol. The van der Waals surface area contributed by atoms with E-state index in [1.165, 1.54) is 0 Å². The molecule has 6 nitrogen and oxygen atoms in total. The number of thioether (sulfide) groups is 2. The summed E-state index contributed by atoms with van der Waals surface area (Å²) >= 11 is 3.21. The molecule has 0 bridgehead atoms. The molecule has 119 valence electrons. The molecule has 6 N–H and O–H groups in total. The average Bonchev–Trinajstić information content (AvgIpc) is 2.33. The normalized spacial score (nSPS) is 12.4. The fourth-order valence-corrected chi connectivity index (χ4v) is 1.72. The number of nitrogens with two attached hydrogens (primary N) is 2. The summed E-state index contributed by atoms with van der Waals surface area (Å²) in [6.45, 7) is 0. The Morgan fingerprint density at radius 1 is 0.947 bits per heavy atom. The Hall–Kier alpha value is 0.0795. The van der Waals surface area contributed by atoms with Gasteiger partial charge in [0.05, 0.1) is 0 Å². The van der Waals surface area contributed by atoms with Crippen LogP contribution in [0.15, 0.2) is 0 Å². The smallest absolute Gasteiger partial charge is 0.320 e. The van der Waals surface area contributed by atoms with E-state index in [1.807, 2.05) is 12.5 Å². The Balaban J connectivity index is -0.000000256. The van der Waals surface area contributed by atoms with Gasteiger partial charge < -0.3 is 21.7 Å². The van der Waals surface area contributed by atoms with Crippen LogP contribution in [0.5, 0.6) is 0 Å². The number of rotatable bonds is 8. The SMILES string of the molecule is CSCC[C@H](N)C(=O)O.CSCC[C@H](N)C(=O)O.[Cu]. The van der Waals surface area contributed by atoms with E-state index in [4.69, 9.17) is 21.7 Å². The number of aliphatic carboxylic acids is 2. The Morgan fingerprint density at radius 3 is 1.37 bits per heavy atom. The van der Waals surface area contributed by atoms with Gasteiger partial charge >= 0.3 is 11.9 Å². The molecule has 0 unspecified atom stereocenters. The second kappa shape index (κ2) is 16.1. The standard InChI is InChI=1S/2C5H11NO2S.Cu/c2*1-9-3-2-4(6)5(7)8;/h2*4H,2-3,6H2,1H3,(H,7,8);/t2*4-;/m00./s1. The minimum atomic E-state index is -0.913. The fourth-order valence-electron chi connectivity index (χ4n) is 0.737. The molecule has 0 aromatic carbocycles. The van der Waals surface area contributed by atoms with Crippen LogP contribution in [0.2, 0.25) is 0 Å². The van der Waals surface area contributed by atoms with Crippen molar-refractivity contribution in [1.29, 1.82) is 0 Å². The number of carboxylic acid groups (broad SMARTS) is 2. The van der Waals surface area contributed by atoms with E-state index in [1.54, 1.807) is 23.5 Å². The molecule has 0 aromatic heterocycles. The van der Waals surface area contributed by atoms with Crippen molar-refractivity contribution in [2.45, 2.75) is 24.9 Å². The van der Waals surface area contributed by atoms with Crippen molar-refractivity contribution in [2.75, 3.05) is 24.0 Å². The molecule has 0 amide bonds. The van der Waals surface area contributed by atoms with Crippen molar-refractivity contribution in [2.24, 2.45) is 11.5 Å². The quantitative estimate of drug-likeness (QED) is 0.454. The van der Waals surface area contributed by atoms with E-state index < -0.39 is 24.0 Å². The van der Waals surface area contributed by atoms with Gasteiger partial charge in [-0.25, -0.2) is 0 Å². The second-order valence-corrected chi connectivity index (χ2v) is 5.42. The molecule has 19 heavy (non-hydrogen) atoms. The Labute approximate surface area is 132 Å². The van der Waals surface area contributed by atoms with Gasteiger partial charge in [0, 0.05) is 17.1 Å². The van der Waals surface area contributed by atoms with Gasteiger partial charge in [-0.2, -0.15) is 23.5 Å². The molecular formula is C10H22CuN2O4S2. The molecule has 0 aliphatic rings. The van der Waals surface area contributed by atoms with Crippen LogP contribution in [-0.2, 0) is 26.7 Å². The molecule has 0 aliphatic carbocycles. The minimum Gasteiger partial charge on any atom is -0.480 e. The first-order chi connectivity index (χ1) is 8.36. The first kappa shape index (κ1) is 24.1. The second-order valence-electron chi connectivity index (χ2n) is 3.45. The van der Waals surface area contributed by atoms with E-state index in [9.17, 15) is 9.59 Å². The maximum absolute atomic E-state index is 10.1. The van der Waals surface area contributed by atoms with E-state index in [0.29, 0.717) is 12.8 Å². The molecule has 1 radical (unpaired) electrons. The van der Waals surface area contributed by atoms with Gasteiger partial charge in [-0.3, -0.25) is 9.59 Å². The number of carbonyl (C=O) groups is 2. The fraction of sp³-hybridized carbons (Fsp3) is 0.800. The molecule has 0 heterocycles. The average molecular weight is 362 g/mol. The summed E-state index contributed by atoms with van der Waals surface area (Å²) in [5.74, 6) is -0.200. The molecule has 0 fully saturated rings. The van der Waals surface area contributed by atoms with Crippen molar-refractivity contribution in [3.05, 3.63) is 0 Å². The van der Waals surface area contributed by atoms with Gasteiger partial charge in [0.15, 0.2) is 0 Å². The zero-order valence-electron chi connectivity index (χ0n) is 11.0. The Bertz CT molecular complexity index is 224. The summed E-state index contributed by atoms with van der Waals surface area (Å²) in [6.07, 6.45) is 4.95. The van der Waals surface area contributed by atoms with Crippen LogP contribution in [0.1, 0.15) is 12.8 Å². The summed E-state index contributed by atoms with van der Waals surface area (Å²) in [6, 6.07) is -1.37. The van der Waals surface area contributed by atoms with E-state index in [-0.39, 0.29) is 17.1 Å². The van der Waals surface area contributed by atoms with Gasteiger partial charge in [0.2, 0.25) is 0 Å². The van der Waals surface area contributed by atoms with Crippen LogP contribution < -0.4 is 11.5 Å². The maximum Gasteiger partial charge on any atom is 0.320 e.